The van der Waals surface area contributed by atoms with Crippen LogP contribution >= 0.6 is 15.9 Å². The molecule has 0 amide bonds. The van der Waals surface area contributed by atoms with Crippen LogP contribution in [0.3, 0.4) is 0 Å². The Kier molecular flexibility index (Phi) is 3.82. The first kappa shape index (κ1) is 14.9. The zero-order valence-electron chi connectivity index (χ0n) is 12.0. The molecule has 1 aromatic carbocycles. The van der Waals surface area contributed by atoms with Gasteiger partial charge in [0.15, 0.2) is 5.82 Å². The van der Waals surface area contributed by atoms with E-state index in [-0.39, 0.29) is 11.2 Å². The van der Waals surface area contributed by atoms with E-state index < -0.39 is 0 Å². The van der Waals surface area contributed by atoms with Gasteiger partial charge in [-0.15, -0.1) is 0 Å². The van der Waals surface area contributed by atoms with E-state index >= 15 is 0 Å². The zero-order chi connectivity index (χ0) is 15.1. The van der Waals surface area contributed by atoms with Crippen molar-refractivity contribution in [3.05, 3.63) is 39.7 Å². The van der Waals surface area contributed by atoms with Crippen molar-refractivity contribution in [3.8, 4) is 11.4 Å². The number of hydrogen-bond donors (Lipinski definition) is 1. The van der Waals surface area contributed by atoms with Gasteiger partial charge in [-0.3, -0.25) is 0 Å². The molecule has 0 radical (unpaired) electrons. The van der Waals surface area contributed by atoms with Crippen LogP contribution in [0.4, 0.5) is 10.2 Å². The van der Waals surface area contributed by atoms with Crippen molar-refractivity contribution in [1.29, 1.82) is 0 Å². The molecule has 1 heterocycles. The lowest BCUT2D eigenvalue weighted by Crippen LogP contribution is -2.17. The van der Waals surface area contributed by atoms with Crippen LogP contribution in [0.1, 0.15) is 32.0 Å². The highest BCUT2D eigenvalue weighted by Gasteiger charge is 2.23. The fourth-order valence-corrected chi connectivity index (χ4v) is 2.73. The summed E-state index contributed by atoms with van der Waals surface area (Å²) in [5.41, 5.74) is 8.20. The number of aromatic nitrogens is 2. The summed E-state index contributed by atoms with van der Waals surface area (Å²) in [5, 5.41) is 0. The summed E-state index contributed by atoms with van der Waals surface area (Å²) in [7, 11) is 0. The largest absolute Gasteiger partial charge is 0.383 e. The van der Waals surface area contributed by atoms with E-state index in [1.54, 1.807) is 6.07 Å². The molecule has 0 saturated carbocycles. The van der Waals surface area contributed by atoms with Crippen molar-refractivity contribution in [1.82, 2.24) is 9.97 Å². The van der Waals surface area contributed by atoms with Gasteiger partial charge < -0.3 is 5.73 Å². The molecule has 1 aromatic heterocycles. The van der Waals surface area contributed by atoms with Crippen molar-refractivity contribution in [2.24, 2.45) is 0 Å². The molecule has 0 bridgehead atoms. The zero-order valence-corrected chi connectivity index (χ0v) is 13.5. The lowest BCUT2D eigenvalue weighted by atomic mass is 9.91. The molecular formula is C15H17BrFN3. The topological polar surface area (TPSA) is 51.8 Å². The highest BCUT2D eigenvalue weighted by Crippen LogP contribution is 2.33. The molecule has 0 aliphatic heterocycles. The Morgan fingerprint density at radius 2 is 1.85 bits per heavy atom. The lowest BCUT2D eigenvalue weighted by Gasteiger charge is -2.21. The number of aryl methyl sites for hydroxylation is 1. The van der Waals surface area contributed by atoms with Crippen LogP contribution in [0.2, 0.25) is 0 Å². The first-order valence-electron chi connectivity index (χ1n) is 6.30. The quantitative estimate of drug-likeness (QED) is 0.846. The van der Waals surface area contributed by atoms with Gasteiger partial charge in [0.05, 0.1) is 10.2 Å². The normalized spacial score (nSPS) is 11.7. The molecule has 0 fully saturated rings. The van der Waals surface area contributed by atoms with Gasteiger partial charge in [-0.1, -0.05) is 20.8 Å². The molecule has 3 nitrogen and oxygen atoms in total. The van der Waals surface area contributed by atoms with Crippen molar-refractivity contribution < 1.29 is 4.39 Å². The molecular weight excluding hydrogens is 321 g/mol. The number of nitrogens with zero attached hydrogens (tertiary/aromatic N) is 2. The maximum atomic E-state index is 13.2. The maximum absolute atomic E-state index is 13.2. The highest BCUT2D eigenvalue weighted by molar-refractivity contribution is 9.10. The van der Waals surface area contributed by atoms with Gasteiger partial charge in [-0.05, 0) is 46.6 Å². The predicted molar refractivity (Wildman–Crippen MR) is 83.0 cm³/mol. The molecule has 2 N–H and O–H groups in total. The van der Waals surface area contributed by atoms with Gasteiger partial charge in [0.25, 0.3) is 0 Å². The van der Waals surface area contributed by atoms with Gasteiger partial charge >= 0.3 is 0 Å². The second kappa shape index (κ2) is 5.13. The van der Waals surface area contributed by atoms with Gasteiger partial charge in [-0.25, -0.2) is 14.4 Å². The fraction of sp³-hybridized carbons (Fsp3) is 0.333. The maximum Gasteiger partial charge on any atom is 0.162 e. The molecule has 0 aliphatic rings. The number of rotatable bonds is 1. The number of hydrogen-bond acceptors (Lipinski definition) is 3. The molecule has 0 spiro atoms. The third-order valence-corrected chi connectivity index (χ3v) is 3.80. The van der Waals surface area contributed by atoms with Crippen LogP contribution in [0.5, 0.6) is 0 Å². The number of nitrogen functional groups attached to an aromatic ring is 1. The smallest absolute Gasteiger partial charge is 0.162 e. The molecule has 0 unspecified atom stereocenters. The molecule has 2 aromatic rings. The Labute approximate surface area is 126 Å². The Morgan fingerprint density at radius 3 is 2.40 bits per heavy atom. The Morgan fingerprint density at radius 1 is 1.20 bits per heavy atom. The third kappa shape index (κ3) is 2.82. The average molecular weight is 338 g/mol. The minimum Gasteiger partial charge on any atom is -0.383 e. The number of nitrogens with two attached hydrogens (primary N) is 1. The first-order chi connectivity index (χ1) is 9.20. The van der Waals surface area contributed by atoms with Crippen molar-refractivity contribution >= 4 is 21.7 Å². The molecule has 0 aliphatic carbocycles. The van der Waals surface area contributed by atoms with E-state index in [0.29, 0.717) is 16.1 Å². The molecule has 0 atom stereocenters. The fourth-order valence-electron chi connectivity index (χ4n) is 1.96. The Balaban J connectivity index is 2.67. The standard InChI is InChI=1S/C15H17BrFN3/c1-8-7-9(17)5-6-10(8)14-19-12(15(2,3)4)11(16)13(18)20-14/h5-7H,1-4H3,(H2,18,19,20). The van der Waals surface area contributed by atoms with E-state index in [9.17, 15) is 4.39 Å². The number of benzene rings is 1. The summed E-state index contributed by atoms with van der Waals surface area (Å²) < 4.78 is 13.9. The molecule has 5 heteroatoms. The summed E-state index contributed by atoms with van der Waals surface area (Å²) in [5.74, 6) is 0.643. The van der Waals surface area contributed by atoms with Crippen LogP contribution in [-0.2, 0) is 5.41 Å². The highest BCUT2D eigenvalue weighted by atomic mass is 79.9. The minimum atomic E-state index is -0.271. The molecule has 0 saturated heterocycles. The molecule has 2 rings (SSSR count). The van der Waals surface area contributed by atoms with E-state index in [4.69, 9.17) is 5.73 Å². The third-order valence-electron chi connectivity index (χ3n) is 3.02. The molecule has 106 valence electrons. The van der Waals surface area contributed by atoms with Crippen LogP contribution in [0.25, 0.3) is 11.4 Å². The minimum absolute atomic E-state index is 0.168. The van der Waals surface area contributed by atoms with E-state index in [0.717, 1.165) is 16.8 Å². The van der Waals surface area contributed by atoms with Gasteiger partial charge in [0.2, 0.25) is 0 Å². The van der Waals surface area contributed by atoms with Crippen LogP contribution in [-0.4, -0.2) is 9.97 Å². The first-order valence-corrected chi connectivity index (χ1v) is 7.09. The average Bonchev–Trinajstić information content (AvgIpc) is 2.31. The van der Waals surface area contributed by atoms with Gasteiger partial charge in [0, 0.05) is 11.0 Å². The van der Waals surface area contributed by atoms with Gasteiger partial charge in [-0.2, -0.15) is 0 Å². The van der Waals surface area contributed by atoms with Gasteiger partial charge in [0.1, 0.15) is 11.6 Å². The summed E-state index contributed by atoms with van der Waals surface area (Å²) in [6.45, 7) is 8.00. The second-order valence-electron chi connectivity index (χ2n) is 5.80. The lowest BCUT2D eigenvalue weighted by molar-refractivity contribution is 0.564. The van der Waals surface area contributed by atoms with Crippen LogP contribution in [0, 0.1) is 12.7 Å². The Bertz CT molecular complexity index is 663. The summed E-state index contributed by atoms with van der Waals surface area (Å²) in [6.07, 6.45) is 0. The predicted octanol–water partition coefficient (Wildman–Crippen LogP) is 4.23. The van der Waals surface area contributed by atoms with Crippen molar-refractivity contribution in [2.45, 2.75) is 33.1 Å². The van der Waals surface area contributed by atoms with Crippen LogP contribution < -0.4 is 5.73 Å². The van der Waals surface area contributed by atoms with E-state index in [1.807, 2.05) is 6.92 Å². The van der Waals surface area contributed by atoms with E-state index in [2.05, 4.69) is 46.7 Å². The SMILES string of the molecule is Cc1cc(F)ccc1-c1nc(N)c(Br)c(C(C)(C)C)n1. The summed E-state index contributed by atoms with van der Waals surface area (Å²) in [4.78, 5) is 8.91. The monoisotopic (exact) mass is 337 g/mol. The Hall–Kier alpha value is -1.49. The molecule has 20 heavy (non-hydrogen) atoms. The summed E-state index contributed by atoms with van der Waals surface area (Å²) in [6, 6.07) is 4.55. The summed E-state index contributed by atoms with van der Waals surface area (Å²) >= 11 is 3.44. The van der Waals surface area contributed by atoms with Crippen molar-refractivity contribution in [3.63, 3.8) is 0 Å². The van der Waals surface area contributed by atoms with E-state index in [1.165, 1.54) is 12.1 Å². The second-order valence-corrected chi connectivity index (χ2v) is 6.60. The van der Waals surface area contributed by atoms with Crippen molar-refractivity contribution in [2.75, 3.05) is 5.73 Å². The van der Waals surface area contributed by atoms with Crippen LogP contribution in [0.15, 0.2) is 22.7 Å². The number of anilines is 1. The number of halogens is 2.